The van der Waals surface area contributed by atoms with Gasteiger partial charge in [0.1, 0.15) is 29.4 Å². The van der Waals surface area contributed by atoms with Crippen LogP contribution in [0.25, 0.3) is 0 Å². The lowest BCUT2D eigenvalue weighted by Crippen LogP contribution is -2.23. The number of ether oxygens (including phenoxy) is 1. The summed E-state index contributed by atoms with van der Waals surface area (Å²) >= 11 is 0. The van der Waals surface area contributed by atoms with Crippen molar-refractivity contribution in [2.45, 2.75) is 31.8 Å². The van der Waals surface area contributed by atoms with Crippen molar-refractivity contribution >= 4 is 0 Å². The zero-order valence-corrected chi connectivity index (χ0v) is 9.60. The van der Waals surface area contributed by atoms with Crippen molar-refractivity contribution in [2.75, 3.05) is 6.61 Å². The maximum absolute atomic E-state index is 9.00. The Labute approximate surface area is 100 Å². The highest BCUT2D eigenvalue weighted by Gasteiger charge is 2.42. The van der Waals surface area contributed by atoms with Crippen LogP contribution in [0.15, 0.2) is 11.3 Å². The van der Waals surface area contributed by atoms with Gasteiger partial charge in [-0.3, -0.25) is 0 Å². The number of rotatable bonds is 3. The first-order valence-electron chi connectivity index (χ1n) is 5.34. The predicted molar refractivity (Wildman–Crippen MR) is 57.8 cm³/mol. The number of allylic oxidation sites excluding steroid dienone is 2. The third-order valence-corrected chi connectivity index (χ3v) is 2.80. The SMILES string of the molecule is CC1(CCCO)CC(C#N)C(=C(C#N)C#N)O1. The summed E-state index contributed by atoms with van der Waals surface area (Å²) in [4.78, 5) is 0. The molecule has 1 fully saturated rings. The standard InChI is InChI=1S/C12H13N3O2/c1-12(3-2-4-16)5-9(6-13)11(17-12)10(7-14)8-15/h9,16H,2-5H2,1H3. The summed E-state index contributed by atoms with van der Waals surface area (Å²) in [6.45, 7) is 1.88. The van der Waals surface area contributed by atoms with E-state index in [-0.39, 0.29) is 17.9 Å². The molecule has 0 spiro atoms. The summed E-state index contributed by atoms with van der Waals surface area (Å²) in [5.74, 6) is -0.370. The van der Waals surface area contributed by atoms with E-state index in [2.05, 4.69) is 0 Å². The van der Waals surface area contributed by atoms with Gasteiger partial charge in [0.05, 0.1) is 6.07 Å². The second-order valence-corrected chi connectivity index (χ2v) is 4.23. The zero-order valence-electron chi connectivity index (χ0n) is 9.60. The molecule has 0 amide bonds. The number of nitrogens with zero attached hydrogens (tertiary/aromatic N) is 3. The molecule has 1 N–H and O–H groups in total. The molecule has 0 radical (unpaired) electrons. The average Bonchev–Trinajstić information content (AvgIpc) is 2.66. The molecule has 1 aliphatic heterocycles. The first-order valence-corrected chi connectivity index (χ1v) is 5.34. The first kappa shape index (κ1) is 13.0. The van der Waals surface area contributed by atoms with Crippen LogP contribution in [-0.2, 0) is 4.74 Å². The van der Waals surface area contributed by atoms with E-state index in [1.54, 1.807) is 12.1 Å². The van der Waals surface area contributed by atoms with Crippen molar-refractivity contribution in [3.63, 3.8) is 0 Å². The Hall–Kier alpha value is -2.03. The molecular formula is C12H13N3O2. The van der Waals surface area contributed by atoms with Gasteiger partial charge in [0, 0.05) is 13.0 Å². The van der Waals surface area contributed by atoms with E-state index >= 15 is 0 Å². The van der Waals surface area contributed by atoms with Crippen LogP contribution in [0.3, 0.4) is 0 Å². The lowest BCUT2D eigenvalue weighted by atomic mass is 9.91. The molecule has 2 atom stereocenters. The molecule has 1 rings (SSSR count). The van der Waals surface area contributed by atoms with Crippen molar-refractivity contribution in [3.8, 4) is 18.2 Å². The van der Waals surface area contributed by atoms with Gasteiger partial charge in [-0.05, 0) is 19.8 Å². The van der Waals surface area contributed by atoms with Crippen molar-refractivity contribution in [1.29, 1.82) is 15.8 Å². The smallest absolute Gasteiger partial charge is 0.168 e. The predicted octanol–water partition coefficient (Wildman–Crippen LogP) is 1.38. The second-order valence-electron chi connectivity index (χ2n) is 4.23. The first-order chi connectivity index (χ1) is 8.10. The second kappa shape index (κ2) is 5.34. The van der Waals surface area contributed by atoms with Crippen LogP contribution in [0.1, 0.15) is 26.2 Å². The van der Waals surface area contributed by atoms with Gasteiger partial charge in [0.2, 0.25) is 0 Å². The average molecular weight is 231 g/mol. The topological polar surface area (TPSA) is 101 Å². The molecule has 0 aromatic heterocycles. The number of hydrogen-bond acceptors (Lipinski definition) is 5. The minimum atomic E-state index is -0.572. The fourth-order valence-electron chi connectivity index (χ4n) is 1.97. The van der Waals surface area contributed by atoms with Crippen molar-refractivity contribution < 1.29 is 9.84 Å². The molecule has 1 saturated heterocycles. The van der Waals surface area contributed by atoms with Crippen LogP contribution in [-0.4, -0.2) is 17.3 Å². The summed E-state index contributed by atoms with van der Waals surface area (Å²) in [7, 11) is 0. The van der Waals surface area contributed by atoms with Gasteiger partial charge in [0.15, 0.2) is 5.57 Å². The maximum atomic E-state index is 9.00. The normalized spacial score (nSPS) is 26.5. The Balaban J connectivity index is 2.99. The highest BCUT2D eigenvalue weighted by Crippen LogP contribution is 2.41. The van der Waals surface area contributed by atoms with Crippen molar-refractivity contribution in [3.05, 3.63) is 11.3 Å². The van der Waals surface area contributed by atoms with E-state index < -0.39 is 11.5 Å². The minimum absolute atomic E-state index is 0.0541. The fourth-order valence-corrected chi connectivity index (χ4v) is 1.97. The van der Waals surface area contributed by atoms with Crippen LogP contribution in [0.4, 0.5) is 0 Å². The van der Waals surface area contributed by atoms with E-state index in [1.807, 2.05) is 13.0 Å². The Morgan fingerprint density at radius 3 is 2.59 bits per heavy atom. The van der Waals surface area contributed by atoms with E-state index in [0.29, 0.717) is 19.3 Å². The number of aliphatic hydroxyl groups excluding tert-OH is 1. The van der Waals surface area contributed by atoms with Crippen molar-refractivity contribution in [2.24, 2.45) is 5.92 Å². The molecule has 2 unspecified atom stereocenters. The Kier molecular flexibility index (Phi) is 4.10. The monoisotopic (exact) mass is 231 g/mol. The van der Waals surface area contributed by atoms with E-state index in [1.165, 1.54) is 0 Å². The molecule has 1 aliphatic rings. The maximum Gasteiger partial charge on any atom is 0.168 e. The van der Waals surface area contributed by atoms with Gasteiger partial charge in [-0.1, -0.05) is 0 Å². The van der Waals surface area contributed by atoms with Gasteiger partial charge < -0.3 is 9.84 Å². The molecule has 1 heterocycles. The lowest BCUT2D eigenvalue weighted by Gasteiger charge is -2.22. The molecule has 0 aliphatic carbocycles. The van der Waals surface area contributed by atoms with Crippen LogP contribution < -0.4 is 0 Å². The van der Waals surface area contributed by atoms with Gasteiger partial charge in [-0.2, -0.15) is 15.8 Å². The van der Waals surface area contributed by atoms with Gasteiger partial charge in [-0.25, -0.2) is 0 Å². The van der Waals surface area contributed by atoms with Crippen LogP contribution in [0.5, 0.6) is 0 Å². The molecule has 88 valence electrons. The quantitative estimate of drug-likeness (QED) is 0.739. The Morgan fingerprint density at radius 2 is 2.12 bits per heavy atom. The summed E-state index contributed by atoms with van der Waals surface area (Å²) in [5.41, 5.74) is -0.707. The highest BCUT2D eigenvalue weighted by molar-refractivity contribution is 5.41. The molecule has 0 aromatic rings. The van der Waals surface area contributed by atoms with E-state index in [4.69, 9.17) is 25.6 Å². The minimum Gasteiger partial charge on any atom is -0.488 e. The Morgan fingerprint density at radius 1 is 1.47 bits per heavy atom. The molecule has 17 heavy (non-hydrogen) atoms. The number of nitriles is 3. The summed E-state index contributed by atoms with van der Waals surface area (Å²) in [6, 6.07) is 5.54. The van der Waals surface area contributed by atoms with Gasteiger partial charge in [0.25, 0.3) is 0 Å². The third-order valence-electron chi connectivity index (χ3n) is 2.80. The van der Waals surface area contributed by atoms with E-state index in [0.717, 1.165) is 0 Å². The lowest BCUT2D eigenvalue weighted by molar-refractivity contribution is 0.0423. The van der Waals surface area contributed by atoms with Gasteiger partial charge in [-0.15, -0.1) is 0 Å². The fraction of sp³-hybridized carbons (Fsp3) is 0.583. The molecular weight excluding hydrogens is 218 g/mol. The zero-order chi connectivity index (χ0) is 12.9. The molecule has 0 aromatic carbocycles. The number of aliphatic hydroxyl groups is 1. The molecule has 0 bridgehead atoms. The van der Waals surface area contributed by atoms with Crippen molar-refractivity contribution in [1.82, 2.24) is 0 Å². The molecule has 5 heteroatoms. The molecule has 0 saturated carbocycles. The third kappa shape index (κ3) is 2.75. The van der Waals surface area contributed by atoms with Crippen LogP contribution in [0.2, 0.25) is 0 Å². The summed E-state index contributed by atoms with van der Waals surface area (Å²) in [6.07, 6.45) is 1.61. The number of hydrogen-bond donors (Lipinski definition) is 1. The molecule has 5 nitrogen and oxygen atoms in total. The van der Waals surface area contributed by atoms with Gasteiger partial charge >= 0.3 is 0 Å². The van der Waals surface area contributed by atoms with Crippen LogP contribution >= 0.6 is 0 Å². The largest absolute Gasteiger partial charge is 0.488 e. The summed E-state index contributed by atoms with van der Waals surface area (Å²) in [5, 5.41) is 35.4. The van der Waals surface area contributed by atoms with E-state index in [9.17, 15) is 0 Å². The van der Waals surface area contributed by atoms with Crippen LogP contribution in [0, 0.1) is 39.9 Å². The highest BCUT2D eigenvalue weighted by atomic mass is 16.5. The Bertz CT molecular complexity index is 434. The summed E-state index contributed by atoms with van der Waals surface area (Å²) < 4.78 is 5.60.